The number of hydrogen-bond acceptors (Lipinski definition) is 4. The molecule has 0 radical (unpaired) electrons. The third-order valence-corrected chi connectivity index (χ3v) is 4.19. The van der Waals surface area contributed by atoms with Crippen LogP contribution in [0.3, 0.4) is 0 Å². The molecule has 0 atom stereocenters. The number of rotatable bonds is 5. The van der Waals surface area contributed by atoms with Crippen LogP contribution in [0.15, 0.2) is 65.1 Å². The van der Waals surface area contributed by atoms with Crippen LogP contribution in [-0.4, -0.2) is 37.1 Å². The van der Waals surface area contributed by atoms with Gasteiger partial charge in [0.05, 0.1) is 0 Å². The van der Waals surface area contributed by atoms with Crippen molar-refractivity contribution in [1.82, 2.24) is 9.88 Å². The molecule has 0 spiro atoms. The molecule has 0 N–H and O–H groups in total. The van der Waals surface area contributed by atoms with Gasteiger partial charge in [0.25, 0.3) is 0 Å². The van der Waals surface area contributed by atoms with Gasteiger partial charge in [-0.1, -0.05) is 30.3 Å². The fourth-order valence-corrected chi connectivity index (χ4v) is 2.82. The summed E-state index contributed by atoms with van der Waals surface area (Å²) in [5, 5.41) is 2.28. The molecule has 0 aliphatic rings. The summed E-state index contributed by atoms with van der Waals surface area (Å²) in [4.78, 5) is 6.81. The predicted octanol–water partition coefficient (Wildman–Crippen LogP) is 4.59. The van der Waals surface area contributed by atoms with Crippen molar-refractivity contribution in [2.24, 2.45) is 0 Å². The van der Waals surface area contributed by atoms with Gasteiger partial charge in [-0.3, -0.25) is 0 Å². The van der Waals surface area contributed by atoms with Crippen molar-refractivity contribution in [3.8, 4) is 17.2 Å². The van der Waals surface area contributed by atoms with Crippen LogP contribution in [-0.2, 0) is 0 Å². The van der Waals surface area contributed by atoms with Crippen LogP contribution in [0.1, 0.15) is 0 Å². The first-order chi connectivity index (χ1) is 12.2. The standard InChI is InChI=1S/C21H20N2O2/c1-23(2)13-14-24-17-10-7-16(8-11-17)21-22-20-18-6-4-3-5-15(18)9-12-19(20)25-21/h3-12H,13-14H2,1-2H3. The Kier molecular flexibility index (Phi) is 4.12. The molecular formula is C21H20N2O2. The third kappa shape index (κ3) is 3.21. The Balaban J connectivity index is 1.62. The number of ether oxygens (including phenoxy) is 1. The number of hydrogen-bond donors (Lipinski definition) is 0. The summed E-state index contributed by atoms with van der Waals surface area (Å²) >= 11 is 0. The van der Waals surface area contributed by atoms with Crippen LogP contribution in [0, 0.1) is 0 Å². The molecule has 4 aromatic rings. The Morgan fingerprint density at radius 1 is 0.960 bits per heavy atom. The Labute approximate surface area is 146 Å². The topological polar surface area (TPSA) is 38.5 Å². The Morgan fingerprint density at radius 2 is 1.76 bits per heavy atom. The zero-order valence-corrected chi connectivity index (χ0v) is 14.4. The number of nitrogens with zero attached hydrogens (tertiary/aromatic N) is 2. The maximum atomic E-state index is 5.96. The van der Waals surface area contributed by atoms with Gasteiger partial charge in [0.1, 0.15) is 17.9 Å². The summed E-state index contributed by atoms with van der Waals surface area (Å²) in [6, 6.07) is 20.1. The van der Waals surface area contributed by atoms with Gasteiger partial charge in [-0.15, -0.1) is 0 Å². The highest BCUT2D eigenvalue weighted by atomic mass is 16.5. The first-order valence-electron chi connectivity index (χ1n) is 8.37. The van der Waals surface area contributed by atoms with E-state index in [1.807, 2.05) is 56.6 Å². The summed E-state index contributed by atoms with van der Waals surface area (Å²) in [6.07, 6.45) is 0. The minimum atomic E-state index is 0.631. The van der Waals surface area contributed by atoms with Gasteiger partial charge in [0, 0.05) is 17.5 Å². The smallest absolute Gasteiger partial charge is 0.227 e. The highest BCUT2D eigenvalue weighted by molar-refractivity contribution is 6.03. The maximum absolute atomic E-state index is 5.96. The zero-order chi connectivity index (χ0) is 17.2. The molecule has 4 heteroatoms. The molecule has 4 nitrogen and oxygen atoms in total. The van der Waals surface area contributed by atoms with Crippen LogP contribution in [0.4, 0.5) is 0 Å². The number of oxazole rings is 1. The van der Waals surface area contributed by atoms with Crippen LogP contribution in [0.5, 0.6) is 5.75 Å². The minimum Gasteiger partial charge on any atom is -0.492 e. The Bertz CT molecular complexity index is 1000. The van der Waals surface area contributed by atoms with Crippen molar-refractivity contribution in [3.05, 3.63) is 60.7 Å². The van der Waals surface area contributed by atoms with Crippen LogP contribution < -0.4 is 4.74 Å². The van der Waals surface area contributed by atoms with Gasteiger partial charge in [0.2, 0.25) is 5.89 Å². The SMILES string of the molecule is CN(C)CCOc1ccc(-c2nc3c(ccc4ccccc43)o2)cc1. The van der Waals surface area contributed by atoms with E-state index < -0.39 is 0 Å². The lowest BCUT2D eigenvalue weighted by Gasteiger charge is -2.10. The molecule has 0 aliphatic carbocycles. The van der Waals surface area contributed by atoms with Crippen molar-refractivity contribution < 1.29 is 9.15 Å². The fourth-order valence-electron chi connectivity index (χ4n) is 2.82. The van der Waals surface area contributed by atoms with Crippen molar-refractivity contribution in [2.45, 2.75) is 0 Å². The van der Waals surface area contributed by atoms with E-state index >= 15 is 0 Å². The van der Waals surface area contributed by atoms with Gasteiger partial charge in [-0.25, -0.2) is 4.98 Å². The van der Waals surface area contributed by atoms with E-state index in [1.165, 1.54) is 5.39 Å². The molecule has 0 bridgehead atoms. The minimum absolute atomic E-state index is 0.631. The highest BCUT2D eigenvalue weighted by Crippen LogP contribution is 2.30. The van der Waals surface area contributed by atoms with Crippen LogP contribution >= 0.6 is 0 Å². The van der Waals surface area contributed by atoms with Gasteiger partial charge < -0.3 is 14.1 Å². The largest absolute Gasteiger partial charge is 0.492 e. The van der Waals surface area contributed by atoms with Gasteiger partial charge >= 0.3 is 0 Å². The summed E-state index contributed by atoms with van der Waals surface area (Å²) in [5.41, 5.74) is 2.65. The number of benzene rings is 3. The third-order valence-electron chi connectivity index (χ3n) is 4.19. The van der Waals surface area contributed by atoms with Crippen molar-refractivity contribution in [2.75, 3.05) is 27.2 Å². The first kappa shape index (κ1) is 15.7. The molecule has 4 rings (SSSR count). The molecule has 0 saturated heterocycles. The van der Waals surface area contributed by atoms with Crippen molar-refractivity contribution >= 4 is 21.9 Å². The zero-order valence-electron chi connectivity index (χ0n) is 14.4. The van der Waals surface area contributed by atoms with E-state index in [-0.39, 0.29) is 0 Å². The average Bonchev–Trinajstić information content (AvgIpc) is 3.07. The lowest BCUT2D eigenvalue weighted by molar-refractivity contribution is 0.261. The lowest BCUT2D eigenvalue weighted by Crippen LogP contribution is -2.19. The van der Waals surface area contributed by atoms with E-state index in [0.29, 0.717) is 12.5 Å². The van der Waals surface area contributed by atoms with Crippen LogP contribution in [0.25, 0.3) is 33.3 Å². The summed E-state index contributed by atoms with van der Waals surface area (Å²) in [6.45, 7) is 1.56. The van der Waals surface area contributed by atoms with Crippen LogP contribution in [0.2, 0.25) is 0 Å². The molecule has 1 aromatic heterocycles. The predicted molar refractivity (Wildman–Crippen MR) is 101 cm³/mol. The average molecular weight is 332 g/mol. The quantitative estimate of drug-likeness (QED) is 0.536. The second-order valence-electron chi connectivity index (χ2n) is 6.33. The lowest BCUT2D eigenvalue weighted by atomic mass is 10.1. The molecule has 0 saturated carbocycles. The molecule has 0 unspecified atom stereocenters. The van der Waals surface area contributed by atoms with E-state index in [4.69, 9.17) is 14.1 Å². The van der Waals surface area contributed by atoms with Gasteiger partial charge in [-0.05, 0) is 49.8 Å². The molecule has 126 valence electrons. The molecule has 3 aromatic carbocycles. The first-order valence-corrected chi connectivity index (χ1v) is 8.37. The van der Waals surface area contributed by atoms with Crippen molar-refractivity contribution in [3.63, 3.8) is 0 Å². The summed E-state index contributed by atoms with van der Waals surface area (Å²) in [7, 11) is 4.06. The molecule has 25 heavy (non-hydrogen) atoms. The Morgan fingerprint density at radius 3 is 2.56 bits per heavy atom. The van der Waals surface area contributed by atoms with Gasteiger partial charge in [-0.2, -0.15) is 0 Å². The van der Waals surface area contributed by atoms with Crippen molar-refractivity contribution in [1.29, 1.82) is 0 Å². The summed E-state index contributed by atoms with van der Waals surface area (Å²) in [5.74, 6) is 1.48. The maximum Gasteiger partial charge on any atom is 0.227 e. The number of aromatic nitrogens is 1. The second kappa shape index (κ2) is 6.57. The molecule has 0 amide bonds. The monoisotopic (exact) mass is 332 g/mol. The number of fused-ring (bicyclic) bond motifs is 3. The molecule has 0 fully saturated rings. The number of likely N-dealkylation sites (N-methyl/N-ethyl adjacent to an activating group) is 1. The van der Waals surface area contributed by atoms with Gasteiger partial charge in [0.15, 0.2) is 5.58 Å². The molecule has 0 aliphatic heterocycles. The van der Waals surface area contributed by atoms with E-state index in [9.17, 15) is 0 Å². The second-order valence-corrected chi connectivity index (χ2v) is 6.33. The molecular weight excluding hydrogens is 312 g/mol. The Hall–Kier alpha value is -2.85. The highest BCUT2D eigenvalue weighted by Gasteiger charge is 2.11. The fraction of sp³-hybridized carbons (Fsp3) is 0.190. The normalized spacial score (nSPS) is 11.5. The van der Waals surface area contributed by atoms with E-state index in [0.717, 1.165) is 34.3 Å². The van der Waals surface area contributed by atoms with E-state index in [1.54, 1.807) is 0 Å². The summed E-state index contributed by atoms with van der Waals surface area (Å²) < 4.78 is 11.7. The molecule has 1 heterocycles. The van der Waals surface area contributed by atoms with E-state index in [2.05, 4.69) is 23.1 Å².